The molecule has 3 aromatic carbocycles. The van der Waals surface area contributed by atoms with Gasteiger partial charge >= 0.3 is 5.97 Å². The number of nitrogens with one attached hydrogen (secondary N) is 1. The van der Waals surface area contributed by atoms with Crippen molar-refractivity contribution in [1.29, 1.82) is 0 Å². The number of fused-ring (bicyclic) bond motifs is 3. The molecule has 5 rings (SSSR count). The molecular formula is C23H18ClNO4S. The van der Waals surface area contributed by atoms with E-state index in [0.717, 1.165) is 27.8 Å². The van der Waals surface area contributed by atoms with Crippen LogP contribution in [0, 0.1) is 0 Å². The van der Waals surface area contributed by atoms with E-state index in [1.54, 1.807) is 12.1 Å². The molecule has 1 fully saturated rings. The number of aliphatic carboxylic acids is 1. The van der Waals surface area contributed by atoms with Gasteiger partial charge in [-0.15, -0.1) is 0 Å². The van der Waals surface area contributed by atoms with Crippen molar-refractivity contribution < 1.29 is 18.3 Å². The van der Waals surface area contributed by atoms with E-state index in [-0.39, 0.29) is 11.3 Å². The molecule has 0 radical (unpaired) electrons. The summed E-state index contributed by atoms with van der Waals surface area (Å²) in [5, 5.41) is 10.4. The lowest BCUT2D eigenvalue weighted by molar-refractivity contribution is -0.140. The first-order chi connectivity index (χ1) is 14.3. The van der Waals surface area contributed by atoms with E-state index in [2.05, 4.69) is 4.72 Å². The zero-order valence-electron chi connectivity index (χ0n) is 15.8. The highest BCUT2D eigenvalue weighted by molar-refractivity contribution is 7.89. The number of carboxylic acids is 1. The van der Waals surface area contributed by atoms with Gasteiger partial charge in [-0.3, -0.25) is 4.79 Å². The molecule has 30 heavy (non-hydrogen) atoms. The van der Waals surface area contributed by atoms with E-state index in [1.165, 1.54) is 6.07 Å². The number of halogens is 1. The maximum Gasteiger partial charge on any atom is 0.325 e. The van der Waals surface area contributed by atoms with Gasteiger partial charge < -0.3 is 5.11 Å². The van der Waals surface area contributed by atoms with E-state index in [4.69, 9.17) is 11.6 Å². The smallest absolute Gasteiger partial charge is 0.325 e. The van der Waals surface area contributed by atoms with Crippen LogP contribution in [0.3, 0.4) is 0 Å². The molecular weight excluding hydrogens is 422 g/mol. The lowest BCUT2D eigenvalue weighted by Gasteiger charge is -2.16. The van der Waals surface area contributed by atoms with Crippen LogP contribution in [-0.2, 0) is 21.2 Å². The Labute approximate surface area is 179 Å². The molecule has 2 N–H and O–H groups in total. The van der Waals surface area contributed by atoms with E-state index < -0.39 is 27.4 Å². The van der Waals surface area contributed by atoms with Crippen LogP contribution in [0.5, 0.6) is 0 Å². The van der Waals surface area contributed by atoms with Gasteiger partial charge in [0.25, 0.3) is 0 Å². The number of carbonyl (C=O) groups is 1. The maximum absolute atomic E-state index is 13.1. The van der Waals surface area contributed by atoms with Crippen LogP contribution in [-0.4, -0.2) is 25.0 Å². The van der Waals surface area contributed by atoms with Crippen molar-refractivity contribution in [2.45, 2.75) is 29.2 Å². The minimum Gasteiger partial charge on any atom is -0.480 e. The Kier molecular flexibility index (Phi) is 4.29. The van der Waals surface area contributed by atoms with Crippen molar-refractivity contribution in [2.24, 2.45) is 0 Å². The van der Waals surface area contributed by atoms with Crippen LogP contribution in [0.15, 0.2) is 71.6 Å². The molecule has 0 spiro atoms. The van der Waals surface area contributed by atoms with Gasteiger partial charge in [-0.2, -0.15) is 4.72 Å². The summed E-state index contributed by atoms with van der Waals surface area (Å²) in [7, 11) is -4.02. The third kappa shape index (κ3) is 3.03. The van der Waals surface area contributed by atoms with E-state index >= 15 is 0 Å². The van der Waals surface area contributed by atoms with Gasteiger partial charge in [0.05, 0.1) is 4.90 Å². The van der Waals surface area contributed by atoms with Gasteiger partial charge in [-0.1, -0.05) is 54.1 Å². The van der Waals surface area contributed by atoms with Crippen molar-refractivity contribution in [3.05, 3.63) is 88.4 Å². The zero-order valence-corrected chi connectivity index (χ0v) is 17.4. The van der Waals surface area contributed by atoms with Gasteiger partial charge in [-0.25, -0.2) is 8.42 Å². The van der Waals surface area contributed by atoms with E-state index in [1.807, 2.05) is 48.5 Å². The first kappa shape index (κ1) is 19.3. The Balaban J connectivity index is 1.46. The summed E-state index contributed by atoms with van der Waals surface area (Å²) in [4.78, 5) is 12.1. The predicted molar refractivity (Wildman–Crippen MR) is 114 cm³/mol. The lowest BCUT2D eigenvalue weighted by Crippen LogP contribution is -2.44. The second kappa shape index (κ2) is 6.67. The van der Waals surface area contributed by atoms with Crippen LogP contribution < -0.4 is 4.72 Å². The molecule has 0 saturated heterocycles. The molecule has 0 bridgehead atoms. The molecule has 0 aromatic heterocycles. The standard InChI is InChI=1S/C23H18ClNO4S/c24-17-6-8-19-15(11-17)10-16-12-18(7-9-20(16)19)30(28,29)25-23(22(26)27)13-21(23)14-4-2-1-3-5-14/h1-9,11-12,21,25H,10,13H2,(H,26,27). The SMILES string of the molecule is O=C(O)C1(NS(=O)(=O)c2ccc3c(c2)Cc2cc(Cl)ccc2-3)CC1c1ccccc1. The van der Waals surface area contributed by atoms with Gasteiger partial charge in [0.2, 0.25) is 10.0 Å². The summed E-state index contributed by atoms with van der Waals surface area (Å²) in [5.74, 6) is -1.56. The number of carboxylic acid groups (broad SMARTS) is 1. The third-order valence-corrected chi connectivity index (χ3v) is 7.73. The van der Waals surface area contributed by atoms with Gasteiger partial charge in [-0.05, 0) is 64.9 Å². The van der Waals surface area contributed by atoms with Crippen molar-refractivity contribution >= 4 is 27.6 Å². The van der Waals surface area contributed by atoms with Crippen LogP contribution >= 0.6 is 11.6 Å². The number of benzene rings is 3. The number of rotatable bonds is 5. The highest BCUT2D eigenvalue weighted by Gasteiger charge is 2.63. The Morgan fingerprint density at radius 1 is 1.00 bits per heavy atom. The highest BCUT2D eigenvalue weighted by Crippen LogP contribution is 2.52. The topological polar surface area (TPSA) is 83.5 Å². The Bertz CT molecular complexity index is 1290. The summed E-state index contributed by atoms with van der Waals surface area (Å²) in [6.07, 6.45) is 0.811. The first-order valence-electron chi connectivity index (χ1n) is 9.54. The van der Waals surface area contributed by atoms with Crippen LogP contribution in [0.1, 0.15) is 29.0 Å². The maximum atomic E-state index is 13.1. The minimum atomic E-state index is -4.02. The zero-order chi connectivity index (χ0) is 21.1. The Morgan fingerprint density at radius 3 is 2.37 bits per heavy atom. The summed E-state index contributed by atoms with van der Waals surface area (Å²) >= 11 is 6.08. The fourth-order valence-corrected chi connectivity index (χ4v) is 6.01. The predicted octanol–water partition coefficient (Wildman–Crippen LogP) is 4.20. The van der Waals surface area contributed by atoms with Gasteiger partial charge in [0.15, 0.2) is 0 Å². The van der Waals surface area contributed by atoms with Crippen molar-refractivity contribution in [1.82, 2.24) is 4.72 Å². The largest absolute Gasteiger partial charge is 0.480 e. The van der Waals surface area contributed by atoms with E-state index in [0.29, 0.717) is 11.4 Å². The van der Waals surface area contributed by atoms with Crippen LogP contribution in [0.25, 0.3) is 11.1 Å². The minimum absolute atomic E-state index is 0.0690. The monoisotopic (exact) mass is 439 g/mol. The molecule has 1 saturated carbocycles. The van der Waals surface area contributed by atoms with Crippen molar-refractivity contribution in [2.75, 3.05) is 0 Å². The fourth-order valence-electron chi connectivity index (χ4n) is 4.37. The number of hydrogen-bond acceptors (Lipinski definition) is 3. The molecule has 2 unspecified atom stereocenters. The quantitative estimate of drug-likeness (QED) is 0.488. The molecule has 0 aliphatic heterocycles. The molecule has 0 heterocycles. The van der Waals surface area contributed by atoms with Crippen molar-refractivity contribution in [3.8, 4) is 11.1 Å². The summed E-state index contributed by atoms with van der Waals surface area (Å²) in [6, 6.07) is 19.7. The summed E-state index contributed by atoms with van der Waals surface area (Å²) in [5.41, 5.74) is 3.24. The third-order valence-electron chi connectivity index (χ3n) is 5.99. The normalized spacial score (nSPS) is 21.7. The average Bonchev–Trinajstić information content (AvgIpc) is 3.33. The Morgan fingerprint density at radius 2 is 1.67 bits per heavy atom. The number of hydrogen-bond donors (Lipinski definition) is 2. The molecule has 0 amide bonds. The van der Waals surface area contributed by atoms with Gasteiger partial charge in [0, 0.05) is 10.9 Å². The molecule has 7 heteroatoms. The van der Waals surface area contributed by atoms with E-state index in [9.17, 15) is 18.3 Å². The second-order valence-corrected chi connectivity index (χ2v) is 9.97. The lowest BCUT2D eigenvalue weighted by atomic mass is 10.1. The first-order valence-corrected chi connectivity index (χ1v) is 11.4. The Hall–Kier alpha value is -2.67. The molecule has 152 valence electrons. The molecule has 3 aromatic rings. The molecule has 2 aliphatic rings. The molecule has 2 atom stereocenters. The second-order valence-electron chi connectivity index (χ2n) is 7.85. The molecule has 2 aliphatic carbocycles. The highest BCUT2D eigenvalue weighted by atomic mass is 35.5. The molecule has 5 nitrogen and oxygen atoms in total. The summed E-state index contributed by atoms with van der Waals surface area (Å²) < 4.78 is 28.7. The number of sulfonamides is 1. The average molecular weight is 440 g/mol. The fraction of sp³-hybridized carbons (Fsp3) is 0.174. The van der Waals surface area contributed by atoms with Crippen LogP contribution in [0.2, 0.25) is 5.02 Å². The van der Waals surface area contributed by atoms with Crippen molar-refractivity contribution in [3.63, 3.8) is 0 Å². The van der Waals surface area contributed by atoms with Crippen LogP contribution in [0.4, 0.5) is 0 Å². The van der Waals surface area contributed by atoms with Gasteiger partial charge in [0.1, 0.15) is 5.54 Å². The summed E-state index contributed by atoms with van der Waals surface area (Å²) in [6.45, 7) is 0.